The third kappa shape index (κ3) is 7.74. The molecule has 0 heterocycles. The minimum absolute atomic E-state index is 0.235. The Morgan fingerprint density at radius 3 is 2.58 bits per heavy atom. The van der Waals surface area contributed by atoms with Crippen LogP contribution in [-0.4, -0.2) is 58.2 Å². The molecule has 0 aromatic heterocycles. The van der Waals surface area contributed by atoms with Crippen molar-refractivity contribution in [1.29, 1.82) is 0 Å². The molecule has 0 atom stereocenters. The molecule has 0 saturated carbocycles. The van der Waals surface area contributed by atoms with Gasteiger partial charge in [-0.05, 0) is 30.5 Å². The molecule has 0 amide bonds. The Balaban J connectivity index is 2.28. The lowest BCUT2D eigenvalue weighted by atomic mass is 10.1. The van der Waals surface area contributed by atoms with Gasteiger partial charge in [-0.25, -0.2) is 17.1 Å². The number of nitrogens with one attached hydrogen (secondary N) is 2. The van der Waals surface area contributed by atoms with Crippen molar-refractivity contribution in [2.75, 3.05) is 39.5 Å². The topological polar surface area (TPSA) is 73.8 Å². The molecule has 2 N–H and O–H groups in total. The van der Waals surface area contributed by atoms with Gasteiger partial charge >= 0.3 is 0 Å². The summed E-state index contributed by atoms with van der Waals surface area (Å²) in [5.74, 6) is 0.412. The maximum atomic E-state index is 13.1. The van der Waals surface area contributed by atoms with Crippen LogP contribution in [0.4, 0.5) is 4.39 Å². The number of rotatable bonds is 9. The van der Waals surface area contributed by atoms with Crippen molar-refractivity contribution < 1.29 is 12.8 Å². The summed E-state index contributed by atoms with van der Waals surface area (Å²) in [6, 6.07) is 6.51. The first-order valence-electron chi connectivity index (χ1n) is 8.01. The molecule has 0 saturated heterocycles. The number of aliphatic imine (C=N–C) groups is 1. The van der Waals surface area contributed by atoms with E-state index < -0.39 is 10.0 Å². The molecule has 24 heavy (non-hydrogen) atoms. The number of guanidine groups is 1. The number of halogens is 1. The zero-order valence-electron chi connectivity index (χ0n) is 14.5. The van der Waals surface area contributed by atoms with Gasteiger partial charge in [-0.15, -0.1) is 0 Å². The summed E-state index contributed by atoms with van der Waals surface area (Å²) in [6.45, 7) is 4.02. The first-order valence-corrected chi connectivity index (χ1v) is 9.85. The Morgan fingerprint density at radius 2 is 2.00 bits per heavy atom. The first kappa shape index (κ1) is 20.4. The quantitative estimate of drug-likeness (QED) is 0.395. The lowest BCUT2D eigenvalue weighted by Gasteiger charge is -2.18. The molecule has 0 fully saturated rings. The average Bonchev–Trinajstić information content (AvgIpc) is 2.52. The molecule has 6 nitrogen and oxygen atoms in total. The summed E-state index contributed by atoms with van der Waals surface area (Å²) in [7, 11) is -1.47. The first-order chi connectivity index (χ1) is 11.4. The summed E-state index contributed by atoms with van der Waals surface area (Å²) in [4.78, 5) is 4.11. The predicted molar refractivity (Wildman–Crippen MR) is 96.2 cm³/mol. The molecule has 8 heteroatoms. The zero-order chi connectivity index (χ0) is 18.0. The lowest BCUT2D eigenvalue weighted by molar-refractivity contribution is 0.424. The highest BCUT2D eigenvalue weighted by atomic mass is 32.2. The van der Waals surface area contributed by atoms with E-state index in [9.17, 15) is 12.8 Å². The SMILES string of the molecule is CCN(CCCNC(=NC)NCCc1cccc(F)c1)S(C)(=O)=O. The normalized spacial score (nSPS) is 12.5. The number of hydrogen-bond donors (Lipinski definition) is 2. The summed E-state index contributed by atoms with van der Waals surface area (Å²) in [5.41, 5.74) is 0.921. The summed E-state index contributed by atoms with van der Waals surface area (Å²) >= 11 is 0. The van der Waals surface area contributed by atoms with E-state index in [4.69, 9.17) is 0 Å². The minimum Gasteiger partial charge on any atom is -0.356 e. The molecule has 1 rings (SSSR count). The molecule has 0 unspecified atom stereocenters. The van der Waals surface area contributed by atoms with Crippen LogP contribution in [0.1, 0.15) is 18.9 Å². The van der Waals surface area contributed by atoms with Crippen molar-refractivity contribution >= 4 is 16.0 Å². The molecule has 0 radical (unpaired) electrons. The van der Waals surface area contributed by atoms with E-state index in [0.29, 0.717) is 45.0 Å². The molecule has 136 valence electrons. The van der Waals surface area contributed by atoms with Gasteiger partial charge in [0.15, 0.2) is 5.96 Å². The van der Waals surface area contributed by atoms with Crippen molar-refractivity contribution in [2.24, 2.45) is 4.99 Å². The third-order valence-corrected chi connectivity index (χ3v) is 4.90. The maximum absolute atomic E-state index is 13.1. The van der Waals surface area contributed by atoms with Gasteiger partial charge in [0.1, 0.15) is 5.82 Å². The van der Waals surface area contributed by atoms with E-state index in [1.807, 2.05) is 13.0 Å². The lowest BCUT2D eigenvalue weighted by Crippen LogP contribution is -2.40. The number of nitrogens with zero attached hydrogens (tertiary/aromatic N) is 2. The summed E-state index contributed by atoms with van der Waals surface area (Å²) in [5, 5.41) is 6.30. The second kappa shape index (κ2) is 10.2. The summed E-state index contributed by atoms with van der Waals surface area (Å²) < 4.78 is 37.5. The van der Waals surface area contributed by atoms with Crippen molar-refractivity contribution in [3.63, 3.8) is 0 Å². The van der Waals surface area contributed by atoms with Crippen molar-refractivity contribution in [3.05, 3.63) is 35.6 Å². The van der Waals surface area contributed by atoms with Gasteiger partial charge in [0.2, 0.25) is 10.0 Å². The highest BCUT2D eigenvalue weighted by molar-refractivity contribution is 7.88. The van der Waals surface area contributed by atoms with E-state index >= 15 is 0 Å². The fourth-order valence-corrected chi connectivity index (χ4v) is 3.19. The molecule has 0 bridgehead atoms. The van der Waals surface area contributed by atoms with E-state index in [0.717, 1.165) is 5.56 Å². The van der Waals surface area contributed by atoms with Crippen LogP contribution in [0.5, 0.6) is 0 Å². The fourth-order valence-electron chi connectivity index (χ4n) is 2.26. The second-order valence-electron chi connectivity index (χ2n) is 5.41. The predicted octanol–water partition coefficient (Wildman–Crippen LogP) is 1.20. The van der Waals surface area contributed by atoms with Crippen LogP contribution < -0.4 is 10.6 Å². The highest BCUT2D eigenvalue weighted by Gasteiger charge is 2.13. The van der Waals surface area contributed by atoms with Gasteiger partial charge in [-0.2, -0.15) is 0 Å². The van der Waals surface area contributed by atoms with Crippen molar-refractivity contribution in [2.45, 2.75) is 19.8 Å². The highest BCUT2D eigenvalue weighted by Crippen LogP contribution is 2.03. The van der Waals surface area contributed by atoms with Crippen LogP contribution in [0.3, 0.4) is 0 Å². The minimum atomic E-state index is -3.14. The summed E-state index contributed by atoms with van der Waals surface area (Å²) in [6.07, 6.45) is 2.60. The van der Waals surface area contributed by atoms with Gasteiger partial charge in [0.25, 0.3) is 0 Å². The number of hydrogen-bond acceptors (Lipinski definition) is 3. The number of sulfonamides is 1. The van der Waals surface area contributed by atoms with Crippen LogP contribution in [0.15, 0.2) is 29.3 Å². The standard InChI is InChI=1S/C16H27FN4O2S/c1-4-21(24(3,22)23)12-6-10-19-16(18-2)20-11-9-14-7-5-8-15(17)13-14/h5,7-8,13H,4,6,9-12H2,1-3H3,(H2,18,19,20). The average molecular weight is 358 g/mol. The van der Waals surface area contributed by atoms with Crippen molar-refractivity contribution in [3.8, 4) is 0 Å². The van der Waals surface area contributed by atoms with Gasteiger partial charge in [-0.3, -0.25) is 4.99 Å². The van der Waals surface area contributed by atoms with E-state index in [1.54, 1.807) is 13.1 Å². The van der Waals surface area contributed by atoms with Crippen LogP contribution in [0.25, 0.3) is 0 Å². The molecule has 1 aromatic carbocycles. The molecular weight excluding hydrogens is 331 g/mol. The monoisotopic (exact) mass is 358 g/mol. The van der Waals surface area contributed by atoms with Crippen molar-refractivity contribution in [1.82, 2.24) is 14.9 Å². The van der Waals surface area contributed by atoms with E-state index in [-0.39, 0.29) is 5.82 Å². The number of benzene rings is 1. The van der Waals surface area contributed by atoms with Crippen LogP contribution in [0, 0.1) is 5.82 Å². The fraction of sp³-hybridized carbons (Fsp3) is 0.562. The zero-order valence-corrected chi connectivity index (χ0v) is 15.4. The molecule has 0 aliphatic heterocycles. The molecule has 1 aromatic rings. The third-order valence-electron chi connectivity index (χ3n) is 3.52. The smallest absolute Gasteiger partial charge is 0.211 e. The Kier molecular flexibility index (Phi) is 8.70. The Hall–Kier alpha value is -1.67. The van der Waals surface area contributed by atoms with Gasteiger partial charge in [0, 0.05) is 33.2 Å². The Morgan fingerprint density at radius 1 is 1.29 bits per heavy atom. The van der Waals surface area contributed by atoms with E-state index in [1.165, 1.54) is 22.7 Å². The van der Waals surface area contributed by atoms with Gasteiger partial charge < -0.3 is 10.6 Å². The Bertz CT molecular complexity index is 635. The van der Waals surface area contributed by atoms with Crippen LogP contribution >= 0.6 is 0 Å². The van der Waals surface area contributed by atoms with Gasteiger partial charge in [0.05, 0.1) is 6.26 Å². The van der Waals surface area contributed by atoms with Gasteiger partial charge in [-0.1, -0.05) is 19.1 Å². The van der Waals surface area contributed by atoms with E-state index in [2.05, 4.69) is 15.6 Å². The maximum Gasteiger partial charge on any atom is 0.211 e. The largest absolute Gasteiger partial charge is 0.356 e. The molecule has 0 spiro atoms. The molecule has 0 aliphatic carbocycles. The molecular formula is C16H27FN4O2S. The van der Waals surface area contributed by atoms with Crippen LogP contribution in [-0.2, 0) is 16.4 Å². The van der Waals surface area contributed by atoms with Crippen LogP contribution in [0.2, 0.25) is 0 Å². The molecule has 0 aliphatic rings. The second-order valence-corrected chi connectivity index (χ2v) is 7.40. The Labute approximate surface area is 144 Å².